The van der Waals surface area contributed by atoms with Gasteiger partial charge in [0.2, 0.25) is 5.78 Å². The molecule has 0 bridgehead atoms. The summed E-state index contributed by atoms with van der Waals surface area (Å²) in [6, 6.07) is 15.1. The minimum atomic E-state index is -0.0986. The molecule has 138 valence electrons. The molecule has 1 aromatic heterocycles. The molecular formula is C21H19BrN2O3. The van der Waals surface area contributed by atoms with Crippen LogP contribution in [0.5, 0.6) is 11.5 Å². The molecule has 0 radical (unpaired) electrons. The fraction of sp³-hybridized carbons (Fsp3) is 0.143. The van der Waals surface area contributed by atoms with Crippen LogP contribution >= 0.6 is 15.9 Å². The molecule has 0 saturated carbocycles. The molecule has 0 aliphatic carbocycles. The standard InChI is InChI=1S/C21H19BrN2O3/c1-24-19(11-12-23-24)20(25)9-3-15-4-10-21(26-2)16(13-15)14-27-18-7-5-17(22)6-8-18/h3-13H,14H2,1-2H3/b9-3+. The number of carbonyl (C=O) groups excluding carboxylic acids is 1. The van der Waals surface area contributed by atoms with E-state index in [0.717, 1.165) is 27.1 Å². The summed E-state index contributed by atoms with van der Waals surface area (Å²) in [5.41, 5.74) is 2.33. The summed E-state index contributed by atoms with van der Waals surface area (Å²) in [4.78, 5) is 12.2. The van der Waals surface area contributed by atoms with Crippen molar-refractivity contribution in [2.24, 2.45) is 7.05 Å². The monoisotopic (exact) mass is 426 g/mol. The van der Waals surface area contributed by atoms with Crippen LogP contribution in [0.25, 0.3) is 6.08 Å². The van der Waals surface area contributed by atoms with Crippen LogP contribution in [-0.2, 0) is 13.7 Å². The van der Waals surface area contributed by atoms with Gasteiger partial charge in [-0.15, -0.1) is 0 Å². The average Bonchev–Trinajstić information content (AvgIpc) is 3.11. The van der Waals surface area contributed by atoms with Crippen molar-refractivity contribution in [1.29, 1.82) is 0 Å². The second kappa shape index (κ2) is 8.68. The number of ether oxygens (including phenoxy) is 2. The Labute approximate surface area is 166 Å². The van der Waals surface area contributed by atoms with Crippen LogP contribution in [-0.4, -0.2) is 22.7 Å². The number of hydrogen-bond acceptors (Lipinski definition) is 4. The van der Waals surface area contributed by atoms with Crippen molar-refractivity contribution in [2.45, 2.75) is 6.61 Å². The molecule has 3 aromatic rings. The zero-order chi connectivity index (χ0) is 19.2. The highest BCUT2D eigenvalue weighted by Gasteiger charge is 2.08. The van der Waals surface area contributed by atoms with Gasteiger partial charge in [0.25, 0.3) is 0 Å². The molecule has 0 spiro atoms. The minimum Gasteiger partial charge on any atom is -0.496 e. The van der Waals surface area contributed by atoms with Gasteiger partial charge in [-0.25, -0.2) is 0 Å². The molecular weight excluding hydrogens is 408 g/mol. The number of nitrogens with zero attached hydrogens (tertiary/aromatic N) is 2. The summed E-state index contributed by atoms with van der Waals surface area (Å²) in [7, 11) is 3.37. The Bertz CT molecular complexity index is 962. The van der Waals surface area contributed by atoms with Crippen LogP contribution in [0.1, 0.15) is 21.6 Å². The molecule has 0 atom stereocenters. The first-order valence-electron chi connectivity index (χ1n) is 8.32. The van der Waals surface area contributed by atoms with E-state index in [2.05, 4.69) is 21.0 Å². The van der Waals surface area contributed by atoms with E-state index >= 15 is 0 Å². The maximum Gasteiger partial charge on any atom is 0.203 e. The maximum atomic E-state index is 12.2. The SMILES string of the molecule is COc1ccc(/C=C/C(=O)c2ccnn2C)cc1COc1ccc(Br)cc1. The first-order chi connectivity index (χ1) is 13.1. The van der Waals surface area contributed by atoms with Crippen molar-refractivity contribution >= 4 is 27.8 Å². The third-order valence-corrected chi connectivity index (χ3v) is 4.54. The number of carbonyl (C=O) groups is 1. The molecule has 0 amide bonds. The Morgan fingerprint density at radius 2 is 1.96 bits per heavy atom. The second-order valence-electron chi connectivity index (χ2n) is 5.85. The van der Waals surface area contributed by atoms with E-state index in [0.29, 0.717) is 12.3 Å². The number of benzene rings is 2. The summed E-state index contributed by atoms with van der Waals surface area (Å²) < 4.78 is 13.8. The van der Waals surface area contributed by atoms with Crippen molar-refractivity contribution in [2.75, 3.05) is 7.11 Å². The van der Waals surface area contributed by atoms with E-state index in [1.165, 1.54) is 6.08 Å². The lowest BCUT2D eigenvalue weighted by atomic mass is 10.1. The Balaban J connectivity index is 1.74. The highest BCUT2D eigenvalue weighted by molar-refractivity contribution is 9.10. The molecule has 0 aliphatic heterocycles. The number of halogens is 1. The van der Waals surface area contributed by atoms with Crippen LogP contribution in [0.15, 0.2) is 65.3 Å². The van der Waals surface area contributed by atoms with Crippen molar-refractivity contribution in [3.05, 3.63) is 82.1 Å². The molecule has 3 rings (SSSR count). The van der Waals surface area contributed by atoms with E-state index < -0.39 is 0 Å². The van der Waals surface area contributed by atoms with Gasteiger partial charge >= 0.3 is 0 Å². The van der Waals surface area contributed by atoms with Crippen LogP contribution in [0, 0.1) is 0 Å². The number of methoxy groups -OCH3 is 1. The molecule has 0 aliphatic rings. The summed E-state index contributed by atoms with van der Waals surface area (Å²) in [6.45, 7) is 0.363. The lowest BCUT2D eigenvalue weighted by molar-refractivity contribution is 0.103. The van der Waals surface area contributed by atoms with Crippen molar-refractivity contribution < 1.29 is 14.3 Å². The molecule has 0 unspecified atom stereocenters. The van der Waals surface area contributed by atoms with E-state index in [-0.39, 0.29) is 5.78 Å². The van der Waals surface area contributed by atoms with Crippen molar-refractivity contribution in [3.63, 3.8) is 0 Å². The van der Waals surface area contributed by atoms with Crippen LogP contribution in [0.3, 0.4) is 0 Å². The molecule has 1 heterocycles. The first-order valence-corrected chi connectivity index (χ1v) is 9.12. The van der Waals surface area contributed by atoms with E-state index in [9.17, 15) is 4.79 Å². The zero-order valence-electron chi connectivity index (χ0n) is 15.1. The Morgan fingerprint density at radius 3 is 2.63 bits per heavy atom. The fourth-order valence-corrected chi connectivity index (χ4v) is 2.84. The number of aromatic nitrogens is 2. The van der Waals surface area contributed by atoms with Gasteiger partial charge in [0.15, 0.2) is 0 Å². The van der Waals surface area contributed by atoms with Crippen LogP contribution in [0.4, 0.5) is 0 Å². The third-order valence-electron chi connectivity index (χ3n) is 4.01. The van der Waals surface area contributed by atoms with Gasteiger partial charge in [-0.3, -0.25) is 9.48 Å². The molecule has 5 nitrogen and oxygen atoms in total. The maximum absolute atomic E-state index is 12.2. The largest absolute Gasteiger partial charge is 0.496 e. The molecule has 0 N–H and O–H groups in total. The third kappa shape index (κ3) is 4.86. The van der Waals surface area contributed by atoms with Crippen LogP contribution in [0.2, 0.25) is 0 Å². The summed E-state index contributed by atoms with van der Waals surface area (Å²) in [5.74, 6) is 1.41. The molecule has 0 saturated heterocycles. The quantitative estimate of drug-likeness (QED) is 0.406. The second-order valence-corrected chi connectivity index (χ2v) is 6.77. The van der Waals surface area contributed by atoms with Gasteiger partial charge < -0.3 is 9.47 Å². The number of allylic oxidation sites excluding steroid dienone is 1. The van der Waals surface area contributed by atoms with Crippen molar-refractivity contribution in [3.8, 4) is 11.5 Å². The van der Waals surface area contributed by atoms with Gasteiger partial charge in [-0.1, -0.05) is 28.1 Å². The summed E-state index contributed by atoms with van der Waals surface area (Å²) in [6.07, 6.45) is 4.92. The Kier molecular flexibility index (Phi) is 6.08. The fourth-order valence-electron chi connectivity index (χ4n) is 2.58. The Morgan fingerprint density at radius 1 is 1.19 bits per heavy atom. The van der Waals surface area contributed by atoms with Crippen LogP contribution < -0.4 is 9.47 Å². The lowest BCUT2D eigenvalue weighted by Crippen LogP contribution is -2.03. The minimum absolute atomic E-state index is 0.0986. The number of hydrogen-bond donors (Lipinski definition) is 0. The Hall–Kier alpha value is -2.86. The van der Waals surface area contributed by atoms with Gasteiger partial charge in [-0.05, 0) is 54.1 Å². The molecule has 6 heteroatoms. The number of ketones is 1. The first kappa shape index (κ1) is 18.9. The van der Waals surface area contributed by atoms with E-state index in [1.807, 2.05) is 42.5 Å². The zero-order valence-corrected chi connectivity index (χ0v) is 16.6. The van der Waals surface area contributed by atoms with Crippen molar-refractivity contribution in [1.82, 2.24) is 9.78 Å². The van der Waals surface area contributed by atoms with Gasteiger partial charge in [-0.2, -0.15) is 5.10 Å². The number of aryl methyl sites for hydroxylation is 1. The van der Waals surface area contributed by atoms with Gasteiger partial charge in [0, 0.05) is 23.3 Å². The molecule has 27 heavy (non-hydrogen) atoms. The average molecular weight is 427 g/mol. The molecule has 0 fully saturated rings. The normalized spacial score (nSPS) is 10.9. The number of rotatable bonds is 7. The molecule has 2 aromatic carbocycles. The topological polar surface area (TPSA) is 53.3 Å². The van der Waals surface area contributed by atoms with E-state index in [4.69, 9.17) is 9.47 Å². The predicted octanol–water partition coefficient (Wildman–Crippen LogP) is 4.67. The lowest BCUT2D eigenvalue weighted by Gasteiger charge is -2.11. The van der Waals surface area contributed by atoms with Gasteiger partial charge in [0.05, 0.1) is 7.11 Å². The predicted molar refractivity (Wildman–Crippen MR) is 108 cm³/mol. The summed E-state index contributed by atoms with van der Waals surface area (Å²) in [5, 5.41) is 4.01. The van der Waals surface area contributed by atoms with E-state index in [1.54, 1.807) is 37.2 Å². The highest BCUT2D eigenvalue weighted by Crippen LogP contribution is 2.24. The smallest absolute Gasteiger partial charge is 0.203 e. The summed E-state index contributed by atoms with van der Waals surface area (Å²) >= 11 is 3.41. The highest BCUT2D eigenvalue weighted by atomic mass is 79.9. The van der Waals surface area contributed by atoms with Gasteiger partial charge in [0.1, 0.15) is 23.8 Å².